The van der Waals surface area contributed by atoms with E-state index in [0.717, 1.165) is 13.0 Å². The predicted octanol–water partition coefficient (Wildman–Crippen LogP) is 3.09. The van der Waals surface area contributed by atoms with Gasteiger partial charge in [0.25, 0.3) is 0 Å². The van der Waals surface area contributed by atoms with E-state index in [1.54, 1.807) is 0 Å². The van der Waals surface area contributed by atoms with Crippen LogP contribution < -0.4 is 0 Å². The van der Waals surface area contributed by atoms with Crippen LogP contribution in [0.25, 0.3) is 0 Å². The van der Waals surface area contributed by atoms with E-state index in [-0.39, 0.29) is 28.9 Å². The van der Waals surface area contributed by atoms with Gasteiger partial charge in [0.05, 0.1) is 6.54 Å². The largest absolute Gasteiger partial charge is 0.203 e. The van der Waals surface area contributed by atoms with Gasteiger partial charge in [-0.15, -0.1) is 0 Å². The summed E-state index contributed by atoms with van der Waals surface area (Å²) in [6.07, 6.45) is 1.71. The van der Waals surface area contributed by atoms with Gasteiger partial charge in [0.1, 0.15) is 6.60 Å². The highest BCUT2D eigenvalue weighted by atomic mass is 15.1. The molecule has 0 saturated carbocycles. The minimum absolute atomic E-state index is 0. The Kier molecular flexibility index (Phi) is 32.0. The van der Waals surface area contributed by atoms with Gasteiger partial charge in [0.15, 0.2) is 0 Å². The minimum atomic E-state index is 0. The fourth-order valence-electron chi connectivity index (χ4n) is 0.357. The van der Waals surface area contributed by atoms with Crippen molar-refractivity contribution in [2.75, 3.05) is 13.0 Å². The van der Waals surface area contributed by atoms with Crippen molar-refractivity contribution < 1.29 is 0 Å². The average molecular weight is 170 g/mol. The number of hydrogen-bond donors (Lipinski definition) is 0. The first-order valence-corrected chi connectivity index (χ1v) is 3.36. The Bertz CT molecular complexity index is 85.1. The molecule has 0 aliphatic rings. The standard InChI is InChI=1S/C5H12B2N2.3CH4/c1-3-4-8-9-5-7(2)6;;;/h3-5H2,1-2H3;3*1H4. The first-order chi connectivity index (χ1) is 4.27. The molecule has 12 heavy (non-hydrogen) atoms. The highest BCUT2D eigenvalue weighted by Crippen LogP contribution is 1.81. The molecule has 4 heteroatoms. The maximum Gasteiger partial charge on any atom is 0.116 e. The Morgan fingerprint density at radius 2 is 1.67 bits per heavy atom. The van der Waals surface area contributed by atoms with E-state index >= 15 is 0 Å². The van der Waals surface area contributed by atoms with Gasteiger partial charge in [-0.05, 0) is 6.42 Å². The van der Waals surface area contributed by atoms with E-state index in [1.807, 2.05) is 6.82 Å². The van der Waals surface area contributed by atoms with Gasteiger partial charge in [0, 0.05) is 14.2 Å². The molecule has 0 unspecified atom stereocenters. The van der Waals surface area contributed by atoms with E-state index in [1.165, 1.54) is 0 Å². The lowest BCUT2D eigenvalue weighted by atomic mass is 9.35. The Morgan fingerprint density at radius 3 is 2.00 bits per heavy atom. The van der Waals surface area contributed by atoms with Crippen LogP contribution in [-0.4, -0.2) is 27.3 Å². The van der Waals surface area contributed by atoms with Crippen LogP contribution in [0, 0.1) is 0 Å². The molecule has 0 amide bonds. The molecular weight excluding hydrogens is 146 g/mol. The van der Waals surface area contributed by atoms with Crippen molar-refractivity contribution in [2.24, 2.45) is 10.2 Å². The van der Waals surface area contributed by atoms with Gasteiger partial charge in [-0.1, -0.05) is 36.0 Å². The molecule has 0 bridgehead atoms. The normalized spacial score (nSPS) is 7.83. The Hall–Kier alpha value is -0.270. The predicted molar refractivity (Wildman–Crippen MR) is 62.4 cm³/mol. The van der Waals surface area contributed by atoms with Crippen LogP contribution in [0.1, 0.15) is 35.6 Å². The minimum Gasteiger partial charge on any atom is -0.203 e. The average Bonchev–Trinajstić information content (AvgIpc) is 1.80. The van der Waals surface area contributed by atoms with Gasteiger partial charge in [-0.2, -0.15) is 5.11 Å². The third kappa shape index (κ3) is 22.6. The third-order valence-corrected chi connectivity index (χ3v) is 0.793. The van der Waals surface area contributed by atoms with Crippen LogP contribution in [0.15, 0.2) is 10.2 Å². The highest BCUT2D eigenvalue weighted by molar-refractivity contribution is 7.02. The molecule has 0 aliphatic carbocycles. The van der Waals surface area contributed by atoms with E-state index in [9.17, 15) is 0 Å². The number of azo groups is 1. The summed E-state index contributed by atoms with van der Waals surface area (Å²) in [6, 6.07) is 0. The van der Waals surface area contributed by atoms with Crippen molar-refractivity contribution in [1.82, 2.24) is 0 Å². The molecular formula is C8H24B2N2. The summed E-state index contributed by atoms with van der Waals surface area (Å²) in [6.45, 7) is 4.97. The second kappa shape index (κ2) is 17.0. The summed E-state index contributed by atoms with van der Waals surface area (Å²) < 4.78 is 0. The summed E-state index contributed by atoms with van der Waals surface area (Å²) >= 11 is 0. The van der Waals surface area contributed by atoms with Crippen LogP contribution in [0.2, 0.25) is 6.82 Å². The van der Waals surface area contributed by atoms with E-state index in [2.05, 4.69) is 17.2 Å². The first-order valence-electron chi connectivity index (χ1n) is 3.36. The molecule has 0 aliphatic heterocycles. The quantitative estimate of drug-likeness (QED) is 0.457. The summed E-state index contributed by atoms with van der Waals surface area (Å²) in [4.78, 5) is 0. The molecule has 0 fully saturated rings. The van der Waals surface area contributed by atoms with E-state index < -0.39 is 0 Å². The zero-order valence-electron chi connectivity index (χ0n) is 6.17. The van der Waals surface area contributed by atoms with Gasteiger partial charge in [0.2, 0.25) is 0 Å². The Balaban J connectivity index is -0.000000107. The topological polar surface area (TPSA) is 24.7 Å². The highest BCUT2D eigenvalue weighted by Gasteiger charge is 1.92. The van der Waals surface area contributed by atoms with Gasteiger partial charge in [-0.25, -0.2) is 5.11 Å². The molecule has 0 rings (SSSR count). The van der Waals surface area contributed by atoms with Gasteiger partial charge >= 0.3 is 0 Å². The second-order valence-corrected chi connectivity index (χ2v) is 2.17. The smallest absolute Gasteiger partial charge is 0.116 e. The summed E-state index contributed by atoms with van der Waals surface area (Å²) in [5.41, 5.74) is 0. The van der Waals surface area contributed by atoms with Crippen molar-refractivity contribution in [3.05, 3.63) is 0 Å². The van der Waals surface area contributed by atoms with Crippen LogP contribution in [0.4, 0.5) is 0 Å². The fourth-order valence-corrected chi connectivity index (χ4v) is 0.357. The zero-order valence-corrected chi connectivity index (χ0v) is 6.17. The molecule has 0 aromatic carbocycles. The van der Waals surface area contributed by atoms with E-state index in [0.29, 0.717) is 6.44 Å². The second-order valence-electron chi connectivity index (χ2n) is 2.17. The lowest BCUT2D eigenvalue weighted by Crippen LogP contribution is -2.11. The van der Waals surface area contributed by atoms with E-state index in [4.69, 9.17) is 7.74 Å². The number of rotatable bonds is 4. The van der Waals surface area contributed by atoms with Gasteiger partial charge < -0.3 is 0 Å². The van der Waals surface area contributed by atoms with Crippen molar-refractivity contribution in [1.29, 1.82) is 0 Å². The van der Waals surface area contributed by atoms with Crippen molar-refractivity contribution in [3.8, 4) is 0 Å². The Labute approximate surface area is 80.7 Å². The molecule has 0 saturated heterocycles. The summed E-state index contributed by atoms with van der Waals surface area (Å²) in [5.74, 6) is 0. The van der Waals surface area contributed by atoms with Crippen molar-refractivity contribution in [3.63, 3.8) is 0 Å². The van der Waals surface area contributed by atoms with Crippen LogP contribution in [0.3, 0.4) is 0 Å². The van der Waals surface area contributed by atoms with Crippen molar-refractivity contribution in [2.45, 2.75) is 42.4 Å². The first kappa shape index (κ1) is 22.6. The van der Waals surface area contributed by atoms with Crippen LogP contribution in [0.5, 0.6) is 0 Å². The van der Waals surface area contributed by atoms with Crippen LogP contribution in [-0.2, 0) is 0 Å². The Morgan fingerprint density at radius 1 is 1.17 bits per heavy atom. The SMILES string of the molecule is C.C.C.[B]B(C)CN=NCCC. The molecule has 0 aromatic rings. The summed E-state index contributed by atoms with van der Waals surface area (Å²) in [7, 11) is 5.42. The molecule has 2 nitrogen and oxygen atoms in total. The molecule has 72 valence electrons. The molecule has 0 spiro atoms. The maximum atomic E-state index is 5.42. The maximum absolute atomic E-state index is 5.42. The van der Waals surface area contributed by atoms with Crippen LogP contribution >= 0.6 is 0 Å². The number of nitrogens with zero attached hydrogens (tertiary/aromatic N) is 2. The lowest BCUT2D eigenvalue weighted by molar-refractivity contribution is 0.854. The number of hydrogen-bond acceptors (Lipinski definition) is 2. The van der Waals surface area contributed by atoms with Crippen molar-refractivity contribution >= 4 is 14.3 Å². The van der Waals surface area contributed by atoms with Gasteiger partial charge in [-0.3, -0.25) is 0 Å². The third-order valence-electron chi connectivity index (χ3n) is 0.793. The molecule has 2 radical (unpaired) electrons. The molecule has 0 atom stereocenters. The monoisotopic (exact) mass is 170 g/mol. The molecule has 0 heterocycles. The summed E-state index contributed by atoms with van der Waals surface area (Å²) in [5, 5.41) is 7.74. The molecule has 0 N–H and O–H groups in total. The zero-order chi connectivity index (χ0) is 7.11. The molecule has 0 aromatic heterocycles. The lowest BCUT2D eigenvalue weighted by Gasteiger charge is -1.90. The fraction of sp³-hybridized carbons (Fsp3) is 1.00.